The fourth-order valence-corrected chi connectivity index (χ4v) is 3.74. The van der Waals surface area contributed by atoms with E-state index in [1.807, 2.05) is 0 Å². The van der Waals surface area contributed by atoms with Crippen molar-refractivity contribution in [2.45, 2.75) is 32.1 Å². The first kappa shape index (κ1) is 13.0. The smallest absolute Gasteiger partial charge is 0.199 e. The number of hydrogen-bond acceptors (Lipinski definition) is 4. The van der Waals surface area contributed by atoms with Gasteiger partial charge in [-0.05, 0) is 24.7 Å². The molecule has 19 heavy (non-hydrogen) atoms. The molecule has 1 aromatic heterocycles. The molecule has 2 heterocycles. The summed E-state index contributed by atoms with van der Waals surface area (Å²) < 4.78 is 5.37. The molecule has 0 bridgehead atoms. The fourth-order valence-electron chi connectivity index (χ4n) is 3.54. The van der Waals surface area contributed by atoms with Crippen molar-refractivity contribution in [3.63, 3.8) is 0 Å². The minimum atomic E-state index is 0.401. The summed E-state index contributed by atoms with van der Waals surface area (Å²) in [5.41, 5.74) is 0. The Balaban J connectivity index is 1.81. The summed E-state index contributed by atoms with van der Waals surface area (Å²) in [5.74, 6) is 3.18. The monoisotopic (exact) mass is 281 g/mol. The number of methoxy groups -OCH3 is 1. The summed E-state index contributed by atoms with van der Waals surface area (Å²) in [4.78, 5) is 10.7. The number of anilines is 1. The SMILES string of the molecule is COc1c(Cl)ncnc1N1CCC2CCCCC2C1. The lowest BCUT2D eigenvalue weighted by Crippen LogP contribution is -2.42. The molecule has 2 aliphatic rings. The van der Waals surface area contributed by atoms with Crippen LogP contribution in [0.2, 0.25) is 5.15 Å². The first-order valence-corrected chi connectivity index (χ1v) is 7.47. The van der Waals surface area contributed by atoms with Gasteiger partial charge in [0.15, 0.2) is 16.7 Å². The van der Waals surface area contributed by atoms with Crippen molar-refractivity contribution in [2.24, 2.45) is 11.8 Å². The number of halogens is 1. The zero-order valence-electron chi connectivity index (χ0n) is 11.3. The molecule has 3 rings (SSSR count). The molecule has 2 fully saturated rings. The van der Waals surface area contributed by atoms with Crippen LogP contribution < -0.4 is 9.64 Å². The van der Waals surface area contributed by atoms with Gasteiger partial charge in [0.25, 0.3) is 0 Å². The van der Waals surface area contributed by atoms with Crippen LogP contribution in [0.5, 0.6) is 5.75 Å². The maximum atomic E-state index is 6.08. The number of nitrogens with zero attached hydrogens (tertiary/aromatic N) is 3. The van der Waals surface area contributed by atoms with Gasteiger partial charge in [-0.1, -0.05) is 30.9 Å². The zero-order chi connectivity index (χ0) is 13.2. The molecule has 2 unspecified atom stereocenters. The summed E-state index contributed by atoms with van der Waals surface area (Å²) in [5, 5.41) is 0.401. The standard InChI is InChI=1S/C14H20ClN3O/c1-19-12-13(15)16-9-17-14(12)18-7-6-10-4-2-3-5-11(10)8-18/h9-11H,2-8H2,1H3. The van der Waals surface area contributed by atoms with Crippen LogP contribution in [-0.2, 0) is 0 Å². The highest BCUT2D eigenvalue weighted by molar-refractivity contribution is 6.31. The van der Waals surface area contributed by atoms with Gasteiger partial charge in [0.05, 0.1) is 7.11 Å². The Morgan fingerprint density at radius 3 is 2.79 bits per heavy atom. The van der Waals surface area contributed by atoms with Gasteiger partial charge in [-0.15, -0.1) is 0 Å². The van der Waals surface area contributed by atoms with Gasteiger partial charge in [-0.3, -0.25) is 0 Å². The highest BCUT2D eigenvalue weighted by Gasteiger charge is 2.32. The van der Waals surface area contributed by atoms with Crippen molar-refractivity contribution < 1.29 is 4.74 Å². The van der Waals surface area contributed by atoms with Gasteiger partial charge < -0.3 is 9.64 Å². The second kappa shape index (κ2) is 5.53. The van der Waals surface area contributed by atoms with Crippen molar-refractivity contribution in [1.29, 1.82) is 0 Å². The van der Waals surface area contributed by atoms with E-state index >= 15 is 0 Å². The van der Waals surface area contributed by atoms with Crippen LogP contribution in [0.4, 0.5) is 5.82 Å². The minimum absolute atomic E-state index is 0.401. The summed E-state index contributed by atoms with van der Waals surface area (Å²) in [6.07, 6.45) is 8.31. The predicted octanol–water partition coefficient (Wildman–Crippen LogP) is 3.16. The first-order chi connectivity index (χ1) is 9.29. The van der Waals surface area contributed by atoms with Gasteiger partial charge in [0, 0.05) is 13.1 Å². The largest absolute Gasteiger partial charge is 0.490 e. The second-order valence-electron chi connectivity index (χ2n) is 5.56. The van der Waals surface area contributed by atoms with Gasteiger partial charge in [0.1, 0.15) is 6.33 Å². The number of aromatic nitrogens is 2. The van der Waals surface area contributed by atoms with Crippen molar-refractivity contribution in [3.05, 3.63) is 11.5 Å². The van der Waals surface area contributed by atoms with Crippen LogP contribution in [-0.4, -0.2) is 30.2 Å². The number of rotatable bonds is 2. The molecule has 104 valence electrons. The summed E-state index contributed by atoms with van der Waals surface area (Å²) in [6, 6.07) is 0. The van der Waals surface area contributed by atoms with E-state index in [1.165, 1.54) is 38.4 Å². The third kappa shape index (κ3) is 2.50. The van der Waals surface area contributed by atoms with Crippen LogP contribution >= 0.6 is 11.6 Å². The lowest BCUT2D eigenvalue weighted by atomic mass is 9.75. The molecule has 0 radical (unpaired) electrons. The van der Waals surface area contributed by atoms with E-state index in [-0.39, 0.29) is 0 Å². The summed E-state index contributed by atoms with van der Waals surface area (Å²) in [6.45, 7) is 2.12. The number of hydrogen-bond donors (Lipinski definition) is 0. The molecule has 0 aromatic carbocycles. The molecule has 1 aliphatic heterocycles. The zero-order valence-corrected chi connectivity index (χ0v) is 12.1. The third-order valence-electron chi connectivity index (χ3n) is 4.54. The Morgan fingerprint density at radius 2 is 2.00 bits per heavy atom. The van der Waals surface area contributed by atoms with E-state index in [1.54, 1.807) is 7.11 Å². The normalized spacial score (nSPS) is 26.9. The van der Waals surface area contributed by atoms with E-state index in [9.17, 15) is 0 Å². The molecule has 0 N–H and O–H groups in total. The average molecular weight is 282 g/mol. The van der Waals surface area contributed by atoms with Crippen molar-refractivity contribution >= 4 is 17.4 Å². The Labute approximate surface area is 119 Å². The highest BCUT2D eigenvalue weighted by atomic mass is 35.5. The molecule has 1 saturated carbocycles. The van der Waals surface area contributed by atoms with Gasteiger partial charge in [-0.25, -0.2) is 9.97 Å². The van der Waals surface area contributed by atoms with Crippen LogP contribution in [0.1, 0.15) is 32.1 Å². The Morgan fingerprint density at radius 1 is 1.21 bits per heavy atom. The van der Waals surface area contributed by atoms with Crippen LogP contribution in [0.25, 0.3) is 0 Å². The Bertz CT molecular complexity index is 454. The fraction of sp³-hybridized carbons (Fsp3) is 0.714. The summed E-state index contributed by atoms with van der Waals surface area (Å²) >= 11 is 6.08. The molecule has 0 spiro atoms. The van der Waals surface area contributed by atoms with Crippen molar-refractivity contribution in [3.8, 4) is 5.75 Å². The van der Waals surface area contributed by atoms with E-state index in [4.69, 9.17) is 16.3 Å². The minimum Gasteiger partial charge on any atom is -0.490 e. The molecule has 4 nitrogen and oxygen atoms in total. The van der Waals surface area contributed by atoms with Gasteiger partial charge in [-0.2, -0.15) is 0 Å². The number of piperidine rings is 1. The maximum absolute atomic E-state index is 6.08. The molecular weight excluding hydrogens is 262 g/mol. The van der Waals surface area contributed by atoms with E-state index < -0.39 is 0 Å². The molecule has 5 heteroatoms. The molecule has 1 aliphatic carbocycles. The van der Waals surface area contributed by atoms with Crippen LogP contribution in [0.15, 0.2) is 6.33 Å². The van der Waals surface area contributed by atoms with E-state index in [2.05, 4.69) is 14.9 Å². The van der Waals surface area contributed by atoms with Gasteiger partial charge in [0.2, 0.25) is 0 Å². The Hall–Kier alpha value is -1.03. The molecule has 1 saturated heterocycles. The number of fused-ring (bicyclic) bond motifs is 1. The molecule has 1 aromatic rings. The molecular formula is C14H20ClN3O. The van der Waals surface area contributed by atoms with Crippen LogP contribution in [0, 0.1) is 11.8 Å². The lowest BCUT2D eigenvalue weighted by Gasteiger charge is -2.42. The first-order valence-electron chi connectivity index (χ1n) is 7.09. The van der Waals surface area contributed by atoms with Crippen molar-refractivity contribution in [1.82, 2.24) is 9.97 Å². The van der Waals surface area contributed by atoms with Gasteiger partial charge >= 0.3 is 0 Å². The van der Waals surface area contributed by atoms with Crippen molar-refractivity contribution in [2.75, 3.05) is 25.1 Å². The lowest BCUT2D eigenvalue weighted by molar-refractivity contribution is 0.201. The van der Waals surface area contributed by atoms with Crippen LogP contribution in [0.3, 0.4) is 0 Å². The topological polar surface area (TPSA) is 38.3 Å². The molecule has 2 atom stereocenters. The maximum Gasteiger partial charge on any atom is 0.199 e. The molecule has 0 amide bonds. The average Bonchev–Trinajstić information content (AvgIpc) is 2.46. The van der Waals surface area contributed by atoms with E-state index in [0.717, 1.165) is 30.7 Å². The van der Waals surface area contributed by atoms with E-state index in [0.29, 0.717) is 10.9 Å². The quantitative estimate of drug-likeness (QED) is 0.781. The highest BCUT2D eigenvalue weighted by Crippen LogP contribution is 2.40. The Kier molecular flexibility index (Phi) is 3.78. The third-order valence-corrected chi connectivity index (χ3v) is 4.81. The second-order valence-corrected chi connectivity index (χ2v) is 5.92. The predicted molar refractivity (Wildman–Crippen MR) is 75.9 cm³/mol. The summed E-state index contributed by atoms with van der Waals surface area (Å²) in [7, 11) is 1.63. The number of ether oxygens (including phenoxy) is 1.